The van der Waals surface area contributed by atoms with Crippen molar-refractivity contribution < 1.29 is 9.53 Å². The van der Waals surface area contributed by atoms with E-state index in [1.165, 1.54) is 16.9 Å². The largest absolute Gasteiger partial charge is 0.483 e. The lowest BCUT2D eigenvalue weighted by molar-refractivity contribution is -0.118. The number of hydrogen-bond donors (Lipinski definition) is 2. The molecule has 0 bridgehead atoms. The van der Waals surface area contributed by atoms with Crippen molar-refractivity contribution in [2.75, 3.05) is 17.7 Å². The fourth-order valence-corrected chi connectivity index (χ4v) is 2.94. The summed E-state index contributed by atoms with van der Waals surface area (Å²) < 4.78 is 5.70. The third-order valence-electron chi connectivity index (χ3n) is 3.83. The van der Waals surface area contributed by atoms with Crippen molar-refractivity contribution in [3.63, 3.8) is 0 Å². The Morgan fingerprint density at radius 2 is 2.00 bits per heavy atom. The number of para-hydroxylation sites is 1. The maximum Gasteiger partial charge on any atom is 0.262 e. The second-order valence-corrected chi connectivity index (χ2v) is 6.59. The van der Waals surface area contributed by atoms with Gasteiger partial charge in [-0.1, -0.05) is 18.2 Å². The molecule has 5 nitrogen and oxygen atoms in total. The van der Waals surface area contributed by atoms with Crippen LogP contribution in [-0.4, -0.2) is 17.5 Å². The Labute approximate surface area is 150 Å². The van der Waals surface area contributed by atoms with Gasteiger partial charge < -0.3 is 15.8 Å². The number of amides is 1. The standard InChI is InChI=1S/C19H19N3O2S/c1-12-7-8-14(9-13(12)2)21-18(23)10-24-17-6-4-3-5-15(17)16-11-25-19(20)22-16/h3-9,11H,10H2,1-2H3,(H2,20,22)(H,21,23). The van der Waals surface area contributed by atoms with E-state index in [1.807, 2.05) is 61.7 Å². The first-order valence-electron chi connectivity index (χ1n) is 7.83. The van der Waals surface area contributed by atoms with E-state index in [0.717, 1.165) is 22.5 Å². The molecule has 0 fully saturated rings. The Kier molecular flexibility index (Phi) is 5.00. The SMILES string of the molecule is Cc1ccc(NC(=O)COc2ccccc2-c2csc(N)n2)cc1C. The van der Waals surface area contributed by atoms with Crippen LogP contribution in [0.5, 0.6) is 5.75 Å². The van der Waals surface area contributed by atoms with Crippen LogP contribution < -0.4 is 15.8 Å². The van der Waals surface area contributed by atoms with Crippen molar-refractivity contribution in [2.24, 2.45) is 0 Å². The summed E-state index contributed by atoms with van der Waals surface area (Å²) in [5, 5.41) is 5.21. The summed E-state index contributed by atoms with van der Waals surface area (Å²) >= 11 is 1.37. The number of aromatic nitrogens is 1. The van der Waals surface area contributed by atoms with Gasteiger partial charge in [-0.2, -0.15) is 0 Å². The summed E-state index contributed by atoms with van der Waals surface area (Å²) in [5.41, 5.74) is 10.3. The van der Waals surface area contributed by atoms with E-state index in [0.29, 0.717) is 10.9 Å². The molecule has 1 heterocycles. The first-order chi connectivity index (χ1) is 12.0. The number of hydrogen-bond acceptors (Lipinski definition) is 5. The minimum atomic E-state index is -0.212. The van der Waals surface area contributed by atoms with Crippen LogP contribution >= 0.6 is 11.3 Å². The van der Waals surface area contributed by atoms with Crippen LogP contribution in [0.1, 0.15) is 11.1 Å². The molecule has 0 aliphatic carbocycles. The molecule has 0 atom stereocenters. The predicted octanol–water partition coefficient (Wildman–Crippen LogP) is 4.03. The van der Waals surface area contributed by atoms with Crippen molar-refractivity contribution in [1.82, 2.24) is 4.98 Å². The van der Waals surface area contributed by atoms with Crippen molar-refractivity contribution in [2.45, 2.75) is 13.8 Å². The fourth-order valence-electron chi connectivity index (χ4n) is 2.37. The van der Waals surface area contributed by atoms with Crippen LogP contribution in [0.2, 0.25) is 0 Å². The number of carbonyl (C=O) groups is 1. The first-order valence-corrected chi connectivity index (χ1v) is 8.71. The highest BCUT2D eigenvalue weighted by molar-refractivity contribution is 7.13. The van der Waals surface area contributed by atoms with Crippen LogP contribution in [0.4, 0.5) is 10.8 Å². The lowest BCUT2D eigenvalue weighted by Gasteiger charge is -2.11. The van der Waals surface area contributed by atoms with Gasteiger partial charge in [0.05, 0.1) is 5.69 Å². The number of nitrogens with zero attached hydrogens (tertiary/aromatic N) is 1. The van der Waals surface area contributed by atoms with Gasteiger partial charge in [-0.05, 0) is 49.2 Å². The van der Waals surface area contributed by atoms with Crippen molar-refractivity contribution >= 4 is 28.1 Å². The van der Waals surface area contributed by atoms with Gasteiger partial charge in [0.1, 0.15) is 5.75 Å². The van der Waals surface area contributed by atoms with E-state index >= 15 is 0 Å². The fraction of sp³-hybridized carbons (Fsp3) is 0.158. The quantitative estimate of drug-likeness (QED) is 0.726. The third kappa shape index (κ3) is 4.16. The van der Waals surface area contributed by atoms with Gasteiger partial charge in [-0.25, -0.2) is 4.98 Å². The zero-order chi connectivity index (χ0) is 17.8. The molecular weight excluding hydrogens is 334 g/mol. The molecule has 0 saturated carbocycles. The summed E-state index contributed by atoms with van der Waals surface area (Å²) in [5.74, 6) is 0.388. The van der Waals surface area contributed by atoms with Crippen molar-refractivity contribution in [3.8, 4) is 17.0 Å². The molecule has 1 amide bonds. The van der Waals surface area contributed by atoms with Crippen LogP contribution in [0.3, 0.4) is 0 Å². The van der Waals surface area contributed by atoms with Crippen LogP contribution in [0.15, 0.2) is 47.8 Å². The Morgan fingerprint density at radius 1 is 1.20 bits per heavy atom. The van der Waals surface area contributed by atoms with Gasteiger partial charge in [0.25, 0.3) is 5.91 Å². The predicted molar refractivity (Wildman–Crippen MR) is 102 cm³/mol. The van der Waals surface area contributed by atoms with E-state index in [1.54, 1.807) is 0 Å². The van der Waals surface area contributed by atoms with Gasteiger partial charge in [0, 0.05) is 16.6 Å². The molecule has 0 aliphatic rings. The summed E-state index contributed by atoms with van der Waals surface area (Å²) in [6.45, 7) is 3.97. The number of nitrogen functional groups attached to an aromatic ring is 1. The number of thiazole rings is 1. The number of nitrogens with two attached hydrogens (primary N) is 1. The Morgan fingerprint density at radius 3 is 2.72 bits per heavy atom. The van der Waals surface area contributed by atoms with Crippen LogP contribution in [0, 0.1) is 13.8 Å². The van der Waals surface area contributed by atoms with Gasteiger partial charge in [-0.15, -0.1) is 11.3 Å². The van der Waals surface area contributed by atoms with Gasteiger partial charge >= 0.3 is 0 Å². The number of benzene rings is 2. The van der Waals surface area contributed by atoms with Gasteiger partial charge in [0.15, 0.2) is 11.7 Å². The molecule has 6 heteroatoms. The summed E-state index contributed by atoms with van der Waals surface area (Å²) in [6, 6.07) is 13.3. The molecule has 25 heavy (non-hydrogen) atoms. The maximum absolute atomic E-state index is 12.2. The van der Waals surface area contributed by atoms with Crippen LogP contribution in [-0.2, 0) is 4.79 Å². The van der Waals surface area contributed by atoms with Crippen molar-refractivity contribution in [1.29, 1.82) is 0 Å². The second-order valence-electron chi connectivity index (χ2n) is 5.70. The topological polar surface area (TPSA) is 77.2 Å². The number of ether oxygens (including phenoxy) is 1. The smallest absolute Gasteiger partial charge is 0.262 e. The highest BCUT2D eigenvalue weighted by Crippen LogP contribution is 2.31. The van der Waals surface area contributed by atoms with Crippen LogP contribution in [0.25, 0.3) is 11.3 Å². The van der Waals surface area contributed by atoms with Crippen molar-refractivity contribution in [3.05, 3.63) is 59.0 Å². The van der Waals surface area contributed by atoms with E-state index < -0.39 is 0 Å². The monoisotopic (exact) mass is 353 g/mol. The average Bonchev–Trinajstić information content (AvgIpc) is 3.03. The highest BCUT2D eigenvalue weighted by atomic mass is 32.1. The van der Waals surface area contributed by atoms with E-state index in [-0.39, 0.29) is 12.5 Å². The third-order valence-corrected chi connectivity index (χ3v) is 4.51. The molecule has 0 spiro atoms. The second kappa shape index (κ2) is 7.36. The Bertz CT molecular complexity index is 905. The number of rotatable bonds is 5. The molecule has 2 aromatic carbocycles. The Hall–Kier alpha value is -2.86. The lowest BCUT2D eigenvalue weighted by Crippen LogP contribution is -2.20. The first kappa shape index (κ1) is 17.0. The average molecular weight is 353 g/mol. The molecule has 0 aliphatic heterocycles. The molecular formula is C19H19N3O2S. The molecule has 0 unspecified atom stereocenters. The minimum absolute atomic E-state index is 0.0798. The van der Waals surface area contributed by atoms with E-state index in [2.05, 4.69) is 10.3 Å². The molecule has 1 aromatic heterocycles. The molecule has 3 aromatic rings. The van der Waals surface area contributed by atoms with Gasteiger partial charge in [0.2, 0.25) is 0 Å². The maximum atomic E-state index is 12.2. The molecule has 128 valence electrons. The minimum Gasteiger partial charge on any atom is -0.483 e. The molecule has 3 rings (SSSR count). The van der Waals surface area contributed by atoms with E-state index in [4.69, 9.17) is 10.5 Å². The van der Waals surface area contributed by atoms with E-state index in [9.17, 15) is 4.79 Å². The Balaban J connectivity index is 1.67. The molecule has 0 saturated heterocycles. The summed E-state index contributed by atoms with van der Waals surface area (Å²) in [4.78, 5) is 16.4. The summed E-state index contributed by atoms with van der Waals surface area (Å²) in [6.07, 6.45) is 0. The number of carbonyl (C=O) groups excluding carboxylic acids is 1. The number of aryl methyl sites for hydroxylation is 2. The molecule has 3 N–H and O–H groups in total. The highest BCUT2D eigenvalue weighted by Gasteiger charge is 2.11. The number of anilines is 2. The summed E-state index contributed by atoms with van der Waals surface area (Å²) in [7, 11) is 0. The lowest BCUT2D eigenvalue weighted by atomic mass is 10.1. The van der Waals surface area contributed by atoms with Gasteiger partial charge in [-0.3, -0.25) is 4.79 Å². The zero-order valence-corrected chi connectivity index (χ0v) is 14.9. The zero-order valence-electron chi connectivity index (χ0n) is 14.1. The number of nitrogens with one attached hydrogen (secondary N) is 1. The normalized spacial score (nSPS) is 10.5. The molecule has 0 radical (unpaired) electrons.